The summed E-state index contributed by atoms with van der Waals surface area (Å²) in [5.74, 6) is -0.507. The zero-order valence-corrected chi connectivity index (χ0v) is 21.6. The van der Waals surface area contributed by atoms with Crippen LogP contribution in [0.4, 0.5) is 15.8 Å². The molecular weight excluding hydrogens is 523 g/mol. The van der Waals surface area contributed by atoms with Gasteiger partial charge in [0.2, 0.25) is 0 Å². The molecule has 0 aliphatic carbocycles. The predicted octanol–water partition coefficient (Wildman–Crippen LogP) is 6.22. The maximum atomic E-state index is 13.3. The zero-order valence-electron chi connectivity index (χ0n) is 19.2. The molecule has 2 amide bonds. The zero-order chi connectivity index (χ0) is 25.8. The Balaban J connectivity index is 1.44. The Morgan fingerprint density at radius 3 is 2.58 bits per heavy atom. The molecule has 0 radical (unpaired) electrons. The lowest BCUT2D eigenvalue weighted by Crippen LogP contribution is -2.27. The van der Waals surface area contributed by atoms with Crippen molar-refractivity contribution in [3.63, 3.8) is 0 Å². The number of methoxy groups -OCH3 is 1. The molecule has 0 aromatic heterocycles. The lowest BCUT2D eigenvalue weighted by Gasteiger charge is -2.14. The highest BCUT2D eigenvalue weighted by molar-refractivity contribution is 8.27. The minimum absolute atomic E-state index is 0.0956. The number of amides is 2. The molecule has 184 valence electrons. The summed E-state index contributed by atoms with van der Waals surface area (Å²) in [7, 11) is 1.48. The summed E-state index contributed by atoms with van der Waals surface area (Å²) in [6.07, 6.45) is 1.73. The number of halogens is 2. The molecule has 1 aliphatic heterocycles. The van der Waals surface area contributed by atoms with E-state index in [1.807, 2.05) is 31.2 Å². The van der Waals surface area contributed by atoms with Gasteiger partial charge in [-0.3, -0.25) is 14.5 Å². The molecule has 1 N–H and O–H groups in total. The fourth-order valence-corrected chi connectivity index (χ4v) is 4.82. The van der Waals surface area contributed by atoms with Gasteiger partial charge < -0.3 is 14.8 Å². The summed E-state index contributed by atoms with van der Waals surface area (Å²) in [4.78, 5) is 27.2. The summed E-state index contributed by atoms with van der Waals surface area (Å²) < 4.78 is 24.7. The number of carbonyl (C=O) groups is 2. The summed E-state index contributed by atoms with van der Waals surface area (Å²) in [5.41, 5.74) is 2.86. The summed E-state index contributed by atoms with van der Waals surface area (Å²) >= 11 is 12.4. The van der Waals surface area contributed by atoms with Crippen LogP contribution in [0.25, 0.3) is 6.08 Å². The smallest absolute Gasteiger partial charge is 0.270 e. The van der Waals surface area contributed by atoms with Gasteiger partial charge in [0.25, 0.3) is 11.8 Å². The number of ether oxygens (including phenoxy) is 2. The van der Waals surface area contributed by atoms with Crippen LogP contribution in [-0.4, -0.2) is 29.9 Å². The molecule has 0 atom stereocenters. The van der Waals surface area contributed by atoms with E-state index < -0.39 is 11.7 Å². The van der Waals surface area contributed by atoms with E-state index in [-0.39, 0.29) is 17.5 Å². The van der Waals surface area contributed by atoms with Gasteiger partial charge in [-0.05, 0) is 61.0 Å². The Morgan fingerprint density at radius 2 is 1.89 bits per heavy atom. The number of anilines is 2. The number of benzene rings is 3. The van der Waals surface area contributed by atoms with Crippen LogP contribution in [0.2, 0.25) is 5.02 Å². The number of hydrogen-bond donors (Lipinski definition) is 1. The van der Waals surface area contributed by atoms with Crippen LogP contribution in [-0.2, 0) is 9.59 Å². The number of thiocarbonyl (C=S) groups is 1. The predicted molar refractivity (Wildman–Crippen MR) is 145 cm³/mol. The normalized spacial score (nSPS) is 14.3. The first-order valence-corrected chi connectivity index (χ1v) is 12.3. The SMILES string of the molecule is COc1cc(/C=C2\SC(=S)N(c3ccc(C)cc3)C2=O)ccc1OCC(=O)Nc1ccc(F)c(Cl)c1. The molecule has 1 aliphatic rings. The Bertz CT molecular complexity index is 1380. The number of nitrogens with one attached hydrogen (secondary N) is 1. The Kier molecular flexibility index (Phi) is 7.93. The van der Waals surface area contributed by atoms with E-state index in [0.29, 0.717) is 37.7 Å². The van der Waals surface area contributed by atoms with Crippen LogP contribution in [0.3, 0.4) is 0 Å². The maximum Gasteiger partial charge on any atom is 0.270 e. The molecule has 1 fully saturated rings. The van der Waals surface area contributed by atoms with Crippen molar-refractivity contribution in [3.8, 4) is 11.5 Å². The molecule has 3 aromatic rings. The van der Waals surface area contributed by atoms with E-state index in [0.717, 1.165) is 11.6 Å². The highest BCUT2D eigenvalue weighted by Crippen LogP contribution is 2.37. The fourth-order valence-electron chi connectivity index (χ4n) is 3.34. The molecule has 0 saturated carbocycles. The third-order valence-corrected chi connectivity index (χ3v) is 6.73. The van der Waals surface area contributed by atoms with Crippen molar-refractivity contribution in [2.75, 3.05) is 23.9 Å². The van der Waals surface area contributed by atoms with Crippen LogP contribution in [0, 0.1) is 12.7 Å². The van der Waals surface area contributed by atoms with Crippen molar-refractivity contribution >= 4 is 69.2 Å². The lowest BCUT2D eigenvalue weighted by atomic mass is 10.1. The van der Waals surface area contributed by atoms with Gasteiger partial charge in [0.05, 0.1) is 22.7 Å². The van der Waals surface area contributed by atoms with Gasteiger partial charge in [-0.25, -0.2) is 4.39 Å². The summed E-state index contributed by atoms with van der Waals surface area (Å²) in [6, 6.07) is 16.5. The van der Waals surface area contributed by atoms with E-state index in [9.17, 15) is 14.0 Å². The van der Waals surface area contributed by atoms with Gasteiger partial charge in [-0.15, -0.1) is 0 Å². The topological polar surface area (TPSA) is 67.9 Å². The van der Waals surface area contributed by atoms with Crippen molar-refractivity contribution in [1.29, 1.82) is 0 Å². The first kappa shape index (κ1) is 25.7. The minimum Gasteiger partial charge on any atom is -0.493 e. The summed E-state index contributed by atoms with van der Waals surface area (Å²) in [5, 5.41) is 2.49. The second-order valence-corrected chi connectivity index (χ2v) is 9.81. The molecule has 10 heteroatoms. The van der Waals surface area contributed by atoms with E-state index in [4.69, 9.17) is 33.3 Å². The average Bonchev–Trinajstić information content (AvgIpc) is 3.13. The Morgan fingerprint density at radius 1 is 1.14 bits per heavy atom. The molecule has 3 aromatic carbocycles. The largest absolute Gasteiger partial charge is 0.493 e. The first-order chi connectivity index (χ1) is 17.2. The van der Waals surface area contributed by atoms with Crippen molar-refractivity contribution < 1.29 is 23.5 Å². The molecule has 1 saturated heterocycles. The number of aryl methyl sites for hydroxylation is 1. The molecule has 1 heterocycles. The summed E-state index contributed by atoms with van der Waals surface area (Å²) in [6.45, 7) is 1.67. The third-order valence-electron chi connectivity index (χ3n) is 5.13. The standard InChI is InChI=1S/C26H20ClFN2O4S2/c1-15-3-7-18(8-4-15)30-25(32)23(36-26(30)35)12-16-5-10-21(22(11-16)33-2)34-14-24(31)29-17-6-9-20(28)19(27)13-17/h3-13H,14H2,1-2H3,(H,29,31)/b23-12-. The molecule has 6 nitrogen and oxygen atoms in total. The first-order valence-electron chi connectivity index (χ1n) is 10.7. The van der Waals surface area contributed by atoms with Gasteiger partial charge in [0.15, 0.2) is 22.4 Å². The second-order valence-electron chi connectivity index (χ2n) is 7.73. The molecule has 0 spiro atoms. The van der Waals surface area contributed by atoms with E-state index in [1.165, 1.54) is 35.9 Å². The number of hydrogen-bond acceptors (Lipinski definition) is 6. The third kappa shape index (κ3) is 5.87. The van der Waals surface area contributed by atoms with Gasteiger partial charge in [-0.2, -0.15) is 0 Å². The van der Waals surface area contributed by atoms with Crippen LogP contribution in [0.1, 0.15) is 11.1 Å². The highest BCUT2D eigenvalue weighted by Gasteiger charge is 2.33. The van der Waals surface area contributed by atoms with Crippen molar-refractivity contribution in [3.05, 3.63) is 87.5 Å². The van der Waals surface area contributed by atoms with Crippen molar-refractivity contribution in [1.82, 2.24) is 0 Å². The Hall–Kier alpha value is -3.40. The van der Waals surface area contributed by atoms with Gasteiger partial charge in [0, 0.05) is 5.69 Å². The van der Waals surface area contributed by atoms with Crippen LogP contribution in [0.15, 0.2) is 65.6 Å². The van der Waals surface area contributed by atoms with Crippen LogP contribution in [0.5, 0.6) is 11.5 Å². The average molecular weight is 543 g/mol. The van der Waals surface area contributed by atoms with E-state index in [2.05, 4.69) is 5.32 Å². The van der Waals surface area contributed by atoms with E-state index in [1.54, 1.807) is 24.3 Å². The van der Waals surface area contributed by atoms with Gasteiger partial charge >= 0.3 is 0 Å². The molecule has 0 unspecified atom stereocenters. The quantitative estimate of drug-likeness (QED) is 0.282. The second kappa shape index (κ2) is 11.1. The number of thioether (sulfide) groups is 1. The van der Waals surface area contributed by atoms with Crippen molar-refractivity contribution in [2.24, 2.45) is 0 Å². The number of carbonyl (C=O) groups excluding carboxylic acids is 2. The molecule has 36 heavy (non-hydrogen) atoms. The monoisotopic (exact) mass is 542 g/mol. The lowest BCUT2D eigenvalue weighted by molar-refractivity contribution is -0.118. The molecular formula is C26H20ClFN2O4S2. The van der Waals surface area contributed by atoms with Crippen molar-refractivity contribution in [2.45, 2.75) is 6.92 Å². The molecule has 0 bridgehead atoms. The Labute approximate surface area is 222 Å². The van der Waals surface area contributed by atoms with Crippen LogP contribution < -0.4 is 19.7 Å². The number of rotatable bonds is 7. The number of nitrogens with zero attached hydrogens (tertiary/aromatic N) is 1. The highest BCUT2D eigenvalue weighted by atomic mass is 35.5. The van der Waals surface area contributed by atoms with Crippen LogP contribution >= 0.6 is 35.6 Å². The minimum atomic E-state index is -0.576. The molecule has 4 rings (SSSR count). The van der Waals surface area contributed by atoms with Gasteiger partial charge in [-0.1, -0.05) is 59.3 Å². The fraction of sp³-hybridized carbons (Fsp3) is 0.115. The van der Waals surface area contributed by atoms with Gasteiger partial charge in [0.1, 0.15) is 5.82 Å². The maximum absolute atomic E-state index is 13.3. The van der Waals surface area contributed by atoms with E-state index >= 15 is 0 Å².